The van der Waals surface area contributed by atoms with E-state index in [2.05, 4.69) is 76.2 Å². The van der Waals surface area contributed by atoms with Gasteiger partial charge in [-0.15, -0.1) is 0 Å². The summed E-state index contributed by atoms with van der Waals surface area (Å²) >= 11 is 0. The van der Waals surface area contributed by atoms with Gasteiger partial charge in [-0.2, -0.15) is 0 Å². The fourth-order valence-electron chi connectivity index (χ4n) is 4.89. The van der Waals surface area contributed by atoms with E-state index < -0.39 is 0 Å². The molecule has 0 aliphatic carbocycles. The summed E-state index contributed by atoms with van der Waals surface area (Å²) in [5.74, 6) is 0.676. The van der Waals surface area contributed by atoms with Gasteiger partial charge < -0.3 is 15.9 Å². The maximum absolute atomic E-state index is 9.25. The molecule has 0 spiro atoms. The number of benzene rings is 2. The van der Waals surface area contributed by atoms with Crippen molar-refractivity contribution in [2.45, 2.75) is 113 Å². The molecule has 0 radical (unpaired) electrons. The normalized spacial score (nSPS) is 12.2. The van der Waals surface area contributed by atoms with Crippen molar-refractivity contribution < 1.29 is 10.2 Å². The number of hydrogen-bond acceptors (Lipinski definition) is 3. The largest absolute Gasteiger partial charge is 0.508 e. The summed E-state index contributed by atoms with van der Waals surface area (Å²) in [7, 11) is 0. The quantitative estimate of drug-likeness (QED) is 0.382. The number of rotatable bonds is 6. The Morgan fingerprint density at radius 3 is 1.03 bits per heavy atom. The topological polar surface area (TPSA) is 66.5 Å². The lowest BCUT2D eigenvalue weighted by Crippen LogP contribution is -2.24. The van der Waals surface area contributed by atoms with E-state index in [1.165, 1.54) is 24.0 Å². The van der Waals surface area contributed by atoms with Crippen LogP contribution in [0.4, 0.5) is 0 Å². The van der Waals surface area contributed by atoms with Crippen LogP contribution in [0.2, 0.25) is 0 Å². The second-order valence-electron chi connectivity index (χ2n) is 13.5. The number of nitrogens with two attached hydrogens (primary N) is 1. The molecular formula is C32H55NO2. The van der Waals surface area contributed by atoms with E-state index in [4.69, 9.17) is 5.73 Å². The van der Waals surface area contributed by atoms with Crippen molar-refractivity contribution in [1.29, 1.82) is 0 Å². The second kappa shape index (κ2) is 13.9. The molecule has 0 saturated carbocycles. The van der Waals surface area contributed by atoms with Gasteiger partial charge in [0.1, 0.15) is 11.5 Å². The Hall–Kier alpha value is -2.00. The minimum Gasteiger partial charge on any atom is -0.508 e. The zero-order valence-corrected chi connectivity index (χ0v) is 24.6. The van der Waals surface area contributed by atoms with Crippen LogP contribution in [0.1, 0.15) is 113 Å². The van der Waals surface area contributed by atoms with E-state index in [9.17, 15) is 10.2 Å². The van der Waals surface area contributed by atoms with E-state index in [1.807, 2.05) is 24.3 Å². The van der Waals surface area contributed by atoms with Crippen LogP contribution in [0.5, 0.6) is 11.5 Å². The summed E-state index contributed by atoms with van der Waals surface area (Å²) in [6.45, 7) is 25.5. The van der Waals surface area contributed by atoms with E-state index in [0.717, 1.165) is 19.4 Å². The molecule has 0 amide bonds. The summed E-state index contributed by atoms with van der Waals surface area (Å²) in [5, 5.41) is 18.5. The lowest BCUT2D eigenvalue weighted by Gasteiger charge is -2.33. The average molecular weight is 486 g/mol. The smallest absolute Gasteiger partial charge is 0.115 e. The summed E-state index contributed by atoms with van der Waals surface area (Å²) in [5.41, 5.74) is 8.67. The predicted molar refractivity (Wildman–Crippen MR) is 154 cm³/mol. The first-order valence-corrected chi connectivity index (χ1v) is 13.1. The first-order valence-electron chi connectivity index (χ1n) is 13.1. The van der Waals surface area contributed by atoms with Crippen LogP contribution in [0.25, 0.3) is 0 Å². The molecule has 0 fully saturated rings. The fourth-order valence-corrected chi connectivity index (χ4v) is 4.89. The highest BCUT2D eigenvalue weighted by molar-refractivity contribution is 5.31. The van der Waals surface area contributed by atoms with Gasteiger partial charge in [-0.25, -0.2) is 0 Å². The number of unbranched alkanes of at least 4 members (excludes halogenated alkanes) is 1. The Labute approximate surface area is 217 Å². The molecular weight excluding hydrogens is 430 g/mol. The first-order chi connectivity index (χ1) is 15.8. The van der Waals surface area contributed by atoms with Crippen LogP contribution in [0, 0.1) is 10.8 Å². The molecule has 0 unspecified atom stereocenters. The van der Waals surface area contributed by atoms with Gasteiger partial charge in [0.25, 0.3) is 0 Å². The van der Waals surface area contributed by atoms with Crippen LogP contribution in [-0.2, 0) is 10.8 Å². The lowest BCUT2D eigenvalue weighted by molar-refractivity contribution is 0.283. The molecule has 2 aromatic carbocycles. The van der Waals surface area contributed by atoms with Gasteiger partial charge in [0.15, 0.2) is 0 Å². The Morgan fingerprint density at radius 2 is 0.857 bits per heavy atom. The highest BCUT2D eigenvalue weighted by Crippen LogP contribution is 2.37. The average Bonchev–Trinajstić information content (AvgIpc) is 2.67. The third-order valence-electron chi connectivity index (χ3n) is 5.80. The Kier molecular flexibility index (Phi) is 13.1. The van der Waals surface area contributed by atoms with Gasteiger partial charge in [-0.1, -0.05) is 107 Å². The highest BCUT2D eigenvalue weighted by atomic mass is 16.3. The zero-order valence-electron chi connectivity index (χ0n) is 24.6. The van der Waals surface area contributed by atoms with E-state index in [-0.39, 0.29) is 10.8 Å². The summed E-state index contributed by atoms with van der Waals surface area (Å²) < 4.78 is 0. The Bertz CT molecular complexity index is 748. The molecule has 200 valence electrons. The lowest BCUT2D eigenvalue weighted by atomic mass is 9.72. The van der Waals surface area contributed by atoms with E-state index in [0.29, 0.717) is 22.3 Å². The fraction of sp³-hybridized carbons (Fsp3) is 0.625. The van der Waals surface area contributed by atoms with Gasteiger partial charge in [0, 0.05) is 0 Å². The summed E-state index contributed by atoms with van der Waals surface area (Å²) in [4.78, 5) is 0. The summed E-state index contributed by atoms with van der Waals surface area (Å²) in [6, 6.07) is 15.1. The van der Waals surface area contributed by atoms with Gasteiger partial charge in [0.05, 0.1) is 0 Å². The Balaban J connectivity index is 0.000000555. The van der Waals surface area contributed by atoms with Crippen molar-refractivity contribution in [3.63, 3.8) is 0 Å². The monoisotopic (exact) mass is 485 g/mol. The maximum atomic E-state index is 9.25. The predicted octanol–water partition coefficient (Wildman–Crippen LogP) is 8.96. The number of aromatic hydroxyl groups is 2. The minimum atomic E-state index is 0.159. The molecule has 2 rings (SSSR count). The SMILES string of the molecule is CC(C)(C)CC(C)(C)c1ccc(O)cc1.CC(C)(C)CC(C)(C)c1ccc(O)cc1.CCCCN. The van der Waals surface area contributed by atoms with E-state index in [1.54, 1.807) is 24.3 Å². The molecule has 0 aliphatic heterocycles. The van der Waals surface area contributed by atoms with Crippen molar-refractivity contribution in [2.24, 2.45) is 16.6 Å². The molecule has 0 heterocycles. The van der Waals surface area contributed by atoms with Crippen LogP contribution in [0.3, 0.4) is 0 Å². The van der Waals surface area contributed by atoms with Gasteiger partial charge >= 0.3 is 0 Å². The molecule has 3 heteroatoms. The van der Waals surface area contributed by atoms with Crippen LogP contribution >= 0.6 is 0 Å². The summed E-state index contributed by atoms with van der Waals surface area (Å²) in [6.07, 6.45) is 4.64. The number of phenolic OH excluding ortho intramolecular Hbond substituents is 2. The van der Waals surface area contributed by atoms with Crippen LogP contribution < -0.4 is 5.73 Å². The van der Waals surface area contributed by atoms with Crippen molar-refractivity contribution in [2.75, 3.05) is 6.54 Å². The molecule has 0 bridgehead atoms. The third-order valence-corrected chi connectivity index (χ3v) is 5.80. The van der Waals surface area contributed by atoms with Crippen molar-refractivity contribution in [3.8, 4) is 11.5 Å². The zero-order chi connectivity index (χ0) is 27.5. The molecule has 0 saturated heterocycles. The molecule has 0 atom stereocenters. The molecule has 35 heavy (non-hydrogen) atoms. The van der Waals surface area contributed by atoms with Crippen LogP contribution in [-0.4, -0.2) is 16.8 Å². The molecule has 0 aromatic heterocycles. The van der Waals surface area contributed by atoms with E-state index >= 15 is 0 Å². The second-order valence-corrected chi connectivity index (χ2v) is 13.5. The molecule has 3 nitrogen and oxygen atoms in total. The molecule has 4 N–H and O–H groups in total. The van der Waals surface area contributed by atoms with Crippen LogP contribution in [0.15, 0.2) is 48.5 Å². The first kappa shape index (κ1) is 33.0. The molecule has 2 aromatic rings. The van der Waals surface area contributed by atoms with Gasteiger partial charge in [0.2, 0.25) is 0 Å². The minimum absolute atomic E-state index is 0.159. The Morgan fingerprint density at radius 1 is 0.571 bits per heavy atom. The standard InChI is InChI=1S/2C14H22O.C4H11N/c2*1-13(2,3)10-14(4,5)11-6-8-12(15)9-7-11;1-2-3-4-5/h2*6-9,15H,10H2,1-5H3;2-5H2,1H3. The van der Waals surface area contributed by atoms with Crippen molar-refractivity contribution in [1.82, 2.24) is 0 Å². The molecule has 0 aliphatic rings. The van der Waals surface area contributed by atoms with Crippen molar-refractivity contribution in [3.05, 3.63) is 59.7 Å². The number of phenols is 2. The maximum Gasteiger partial charge on any atom is 0.115 e. The number of hydrogen-bond donors (Lipinski definition) is 3. The van der Waals surface area contributed by atoms with Crippen molar-refractivity contribution >= 4 is 0 Å². The van der Waals surface area contributed by atoms with Gasteiger partial charge in [-0.3, -0.25) is 0 Å². The third kappa shape index (κ3) is 14.9. The van der Waals surface area contributed by atoms with Gasteiger partial charge in [-0.05, 0) is 82.9 Å². The highest BCUT2D eigenvalue weighted by Gasteiger charge is 2.27.